The van der Waals surface area contributed by atoms with E-state index in [4.69, 9.17) is 16.3 Å². The Morgan fingerprint density at radius 1 is 1.28 bits per heavy atom. The van der Waals surface area contributed by atoms with Gasteiger partial charge in [0.15, 0.2) is 0 Å². The van der Waals surface area contributed by atoms with Crippen molar-refractivity contribution in [3.63, 3.8) is 0 Å². The summed E-state index contributed by atoms with van der Waals surface area (Å²) in [6, 6.07) is 15.4. The number of ether oxygens (including phenoxy) is 1. The maximum absolute atomic E-state index is 12.8. The summed E-state index contributed by atoms with van der Waals surface area (Å²) in [4.78, 5) is 12.8. The van der Waals surface area contributed by atoms with Gasteiger partial charge in [-0.3, -0.25) is 4.79 Å². The fourth-order valence-corrected chi connectivity index (χ4v) is 3.40. The van der Waals surface area contributed by atoms with Crippen LogP contribution in [-0.4, -0.2) is 16.6 Å². The van der Waals surface area contributed by atoms with Crippen LogP contribution in [-0.2, 0) is 13.1 Å². The minimum Gasteiger partial charge on any atom is -0.486 e. The number of amides is 1. The van der Waals surface area contributed by atoms with E-state index in [0.29, 0.717) is 23.8 Å². The fraction of sp³-hybridized carbons (Fsp3) is 0.250. The average Bonchev–Trinajstić information content (AvgIpc) is 3.01. The highest BCUT2D eigenvalue weighted by atomic mass is 35.5. The molecule has 0 saturated carbocycles. The van der Waals surface area contributed by atoms with Crippen LogP contribution in [0.25, 0.3) is 10.9 Å². The van der Waals surface area contributed by atoms with E-state index in [9.17, 15) is 4.79 Å². The molecule has 3 aromatic rings. The van der Waals surface area contributed by atoms with Crippen LogP contribution in [0.4, 0.5) is 0 Å². The van der Waals surface area contributed by atoms with Crippen molar-refractivity contribution in [2.75, 3.05) is 0 Å². The van der Waals surface area contributed by atoms with Crippen molar-refractivity contribution < 1.29 is 9.53 Å². The maximum Gasteiger partial charge on any atom is 0.268 e. The monoisotopic (exact) mass is 354 g/mol. The van der Waals surface area contributed by atoms with Crippen molar-refractivity contribution >= 4 is 28.4 Å². The first kappa shape index (κ1) is 16.0. The lowest BCUT2D eigenvalue weighted by Crippen LogP contribution is -2.31. The molecule has 0 bridgehead atoms. The zero-order valence-electron chi connectivity index (χ0n) is 14.0. The van der Waals surface area contributed by atoms with E-state index in [1.807, 2.05) is 48.5 Å². The molecule has 1 amide bonds. The normalized spacial score (nSPS) is 15.8. The van der Waals surface area contributed by atoms with Crippen LogP contribution in [0.5, 0.6) is 5.75 Å². The quantitative estimate of drug-likeness (QED) is 0.754. The van der Waals surface area contributed by atoms with Crippen LogP contribution < -0.4 is 10.1 Å². The summed E-state index contributed by atoms with van der Waals surface area (Å²) in [5.41, 5.74) is 2.70. The summed E-state index contributed by atoms with van der Waals surface area (Å²) in [5, 5.41) is 4.72. The van der Waals surface area contributed by atoms with E-state index >= 15 is 0 Å². The molecule has 2 heterocycles. The van der Waals surface area contributed by atoms with Crippen molar-refractivity contribution in [2.24, 2.45) is 0 Å². The van der Waals surface area contributed by atoms with Crippen LogP contribution >= 0.6 is 11.6 Å². The summed E-state index contributed by atoms with van der Waals surface area (Å²) < 4.78 is 8.10. The highest BCUT2D eigenvalue weighted by molar-refractivity contribution is 6.30. The zero-order chi connectivity index (χ0) is 17.4. The van der Waals surface area contributed by atoms with E-state index in [2.05, 4.69) is 16.8 Å². The van der Waals surface area contributed by atoms with Gasteiger partial charge in [0, 0.05) is 17.0 Å². The van der Waals surface area contributed by atoms with Crippen LogP contribution in [0.2, 0.25) is 5.02 Å². The number of aromatic nitrogens is 1. The SMILES string of the molecule is CC[C@@H]1Cn2c(C(=O)NCc3ccc(Cl)cc3)cc3cccc(c32)O1. The smallest absolute Gasteiger partial charge is 0.268 e. The summed E-state index contributed by atoms with van der Waals surface area (Å²) in [6.07, 6.45) is 0.994. The molecule has 5 heteroatoms. The van der Waals surface area contributed by atoms with Crippen LogP contribution in [0.1, 0.15) is 29.4 Å². The van der Waals surface area contributed by atoms with Crippen molar-refractivity contribution in [2.45, 2.75) is 32.5 Å². The Morgan fingerprint density at radius 3 is 2.84 bits per heavy atom. The van der Waals surface area contributed by atoms with E-state index in [0.717, 1.165) is 28.6 Å². The number of carbonyl (C=O) groups excluding carboxylic acids is 1. The first-order chi connectivity index (χ1) is 12.2. The molecule has 0 saturated heterocycles. The van der Waals surface area contributed by atoms with E-state index in [-0.39, 0.29) is 12.0 Å². The van der Waals surface area contributed by atoms with Gasteiger partial charge in [-0.25, -0.2) is 0 Å². The van der Waals surface area contributed by atoms with Gasteiger partial charge < -0.3 is 14.6 Å². The van der Waals surface area contributed by atoms with Gasteiger partial charge in [0.1, 0.15) is 17.5 Å². The molecule has 0 radical (unpaired) electrons. The third-order valence-electron chi connectivity index (χ3n) is 4.62. The molecule has 0 spiro atoms. The van der Waals surface area contributed by atoms with E-state index in [1.54, 1.807) is 0 Å². The number of benzene rings is 2. The first-order valence-corrected chi connectivity index (χ1v) is 8.85. The maximum atomic E-state index is 12.8. The van der Waals surface area contributed by atoms with Gasteiger partial charge in [-0.15, -0.1) is 0 Å². The molecule has 1 atom stereocenters. The summed E-state index contributed by atoms with van der Waals surface area (Å²) >= 11 is 5.90. The van der Waals surface area contributed by atoms with Crippen LogP contribution in [0.15, 0.2) is 48.5 Å². The molecule has 1 aromatic heterocycles. The molecule has 25 heavy (non-hydrogen) atoms. The third kappa shape index (κ3) is 2.98. The molecule has 0 unspecified atom stereocenters. The predicted octanol–water partition coefficient (Wildman–Crippen LogP) is 4.40. The molecule has 128 valence electrons. The number of hydrogen-bond acceptors (Lipinski definition) is 2. The highest BCUT2D eigenvalue weighted by Crippen LogP contribution is 2.34. The zero-order valence-corrected chi connectivity index (χ0v) is 14.7. The molecule has 1 aliphatic rings. The molecule has 2 aromatic carbocycles. The summed E-state index contributed by atoms with van der Waals surface area (Å²) in [6.45, 7) is 3.26. The van der Waals surface area contributed by atoms with E-state index in [1.165, 1.54) is 0 Å². The number of rotatable bonds is 4. The molecule has 1 N–H and O–H groups in total. The lowest BCUT2D eigenvalue weighted by Gasteiger charge is -2.26. The van der Waals surface area contributed by atoms with Gasteiger partial charge in [-0.05, 0) is 36.2 Å². The topological polar surface area (TPSA) is 43.3 Å². The Hall–Kier alpha value is -2.46. The molecular formula is C20H19ClN2O2. The second kappa shape index (κ2) is 6.45. The molecule has 0 aliphatic carbocycles. The third-order valence-corrected chi connectivity index (χ3v) is 4.87. The van der Waals surface area contributed by atoms with Gasteiger partial charge in [0.25, 0.3) is 5.91 Å². The van der Waals surface area contributed by atoms with Crippen LogP contribution in [0, 0.1) is 0 Å². The molecule has 0 fully saturated rings. The number of carbonyl (C=O) groups is 1. The van der Waals surface area contributed by atoms with Gasteiger partial charge in [-0.1, -0.05) is 42.8 Å². The Morgan fingerprint density at radius 2 is 2.08 bits per heavy atom. The summed E-state index contributed by atoms with van der Waals surface area (Å²) in [7, 11) is 0. The van der Waals surface area contributed by atoms with E-state index < -0.39 is 0 Å². The Labute approximate surface area is 151 Å². The average molecular weight is 355 g/mol. The first-order valence-electron chi connectivity index (χ1n) is 8.47. The van der Waals surface area contributed by atoms with Gasteiger partial charge in [0.2, 0.25) is 0 Å². The summed E-state index contributed by atoms with van der Waals surface area (Å²) in [5.74, 6) is 0.779. The Bertz CT molecular complexity index is 931. The number of hydrogen-bond donors (Lipinski definition) is 1. The number of nitrogens with one attached hydrogen (secondary N) is 1. The lowest BCUT2D eigenvalue weighted by atomic mass is 10.2. The molecular weight excluding hydrogens is 336 g/mol. The molecule has 4 rings (SSSR count). The largest absolute Gasteiger partial charge is 0.486 e. The van der Waals surface area contributed by atoms with Crippen LogP contribution in [0.3, 0.4) is 0 Å². The highest BCUT2D eigenvalue weighted by Gasteiger charge is 2.25. The standard InChI is InChI=1S/C20H19ClN2O2/c1-2-16-12-23-17(10-14-4-3-5-18(25-16)19(14)23)20(24)22-11-13-6-8-15(21)9-7-13/h3-10,16H,2,11-12H2,1H3,(H,22,24)/t16-/m1/s1. The molecule has 1 aliphatic heterocycles. The van der Waals surface area contributed by atoms with Crippen molar-refractivity contribution in [1.82, 2.24) is 9.88 Å². The lowest BCUT2D eigenvalue weighted by molar-refractivity contribution is 0.0935. The molecule has 4 nitrogen and oxygen atoms in total. The van der Waals surface area contributed by atoms with Crippen molar-refractivity contribution in [1.29, 1.82) is 0 Å². The number of nitrogens with zero attached hydrogens (tertiary/aromatic N) is 1. The predicted molar refractivity (Wildman–Crippen MR) is 99.3 cm³/mol. The van der Waals surface area contributed by atoms with Gasteiger partial charge in [0.05, 0.1) is 12.1 Å². The van der Waals surface area contributed by atoms with Gasteiger partial charge in [-0.2, -0.15) is 0 Å². The Balaban J connectivity index is 1.62. The van der Waals surface area contributed by atoms with Gasteiger partial charge >= 0.3 is 0 Å². The fourth-order valence-electron chi connectivity index (χ4n) is 3.27. The Kier molecular flexibility index (Phi) is 4.14. The number of para-hydroxylation sites is 1. The second-order valence-electron chi connectivity index (χ2n) is 6.29. The minimum absolute atomic E-state index is 0.0751. The number of halogens is 1. The van der Waals surface area contributed by atoms with Crippen molar-refractivity contribution in [3.05, 3.63) is 64.8 Å². The minimum atomic E-state index is -0.0751. The van der Waals surface area contributed by atoms with Crippen molar-refractivity contribution in [3.8, 4) is 5.75 Å². The second-order valence-corrected chi connectivity index (χ2v) is 6.73.